The van der Waals surface area contributed by atoms with Crippen LogP contribution in [0.2, 0.25) is 0 Å². The van der Waals surface area contributed by atoms with Gasteiger partial charge in [0.05, 0.1) is 10.8 Å². The molecule has 1 N–H and O–H groups in total. The molecular formula is C19H26N2O5S. The number of ether oxygens (including phenoxy) is 1. The Morgan fingerprint density at radius 2 is 1.96 bits per heavy atom. The summed E-state index contributed by atoms with van der Waals surface area (Å²) in [5, 5.41) is 2.66. The van der Waals surface area contributed by atoms with Crippen molar-refractivity contribution < 1.29 is 22.7 Å². The summed E-state index contributed by atoms with van der Waals surface area (Å²) < 4.78 is 30.9. The predicted octanol–water partition coefficient (Wildman–Crippen LogP) is 2.47. The molecule has 1 aliphatic rings. The van der Waals surface area contributed by atoms with Crippen LogP contribution in [0.15, 0.2) is 35.2 Å². The summed E-state index contributed by atoms with van der Waals surface area (Å²) in [5.41, 5.74) is 1.07. The highest BCUT2D eigenvalue weighted by atomic mass is 32.2. The molecule has 0 spiro atoms. The number of aryl methyl sites for hydroxylation is 1. The minimum absolute atomic E-state index is 0.0760. The SMILES string of the molecule is Cc1ccc(S(=O)(=O)N(C)C)cc1NC(=O)[C@H](C)OC(=O)[C@H]1CC=CCC1. The van der Waals surface area contributed by atoms with Gasteiger partial charge in [-0.3, -0.25) is 9.59 Å². The molecule has 2 atom stereocenters. The summed E-state index contributed by atoms with van der Waals surface area (Å²) in [7, 11) is -0.736. The molecule has 0 fully saturated rings. The summed E-state index contributed by atoms with van der Waals surface area (Å²) in [6.07, 6.45) is 5.16. The Morgan fingerprint density at radius 1 is 1.26 bits per heavy atom. The van der Waals surface area contributed by atoms with Crippen LogP contribution in [-0.2, 0) is 24.3 Å². The molecule has 0 bridgehead atoms. The summed E-state index contributed by atoms with van der Waals surface area (Å²) in [5.74, 6) is -1.11. The van der Waals surface area contributed by atoms with Gasteiger partial charge in [-0.15, -0.1) is 0 Å². The van der Waals surface area contributed by atoms with Crippen LogP contribution in [0.3, 0.4) is 0 Å². The topological polar surface area (TPSA) is 92.8 Å². The van der Waals surface area contributed by atoms with Crippen molar-refractivity contribution in [1.29, 1.82) is 0 Å². The first-order valence-electron chi connectivity index (χ1n) is 8.82. The highest BCUT2D eigenvalue weighted by Crippen LogP contribution is 2.23. The lowest BCUT2D eigenvalue weighted by molar-refractivity contribution is -0.157. The molecule has 7 nitrogen and oxygen atoms in total. The number of allylic oxidation sites excluding steroid dienone is 2. The monoisotopic (exact) mass is 394 g/mol. The molecule has 2 rings (SSSR count). The highest BCUT2D eigenvalue weighted by Gasteiger charge is 2.26. The van der Waals surface area contributed by atoms with E-state index in [2.05, 4.69) is 5.32 Å². The summed E-state index contributed by atoms with van der Waals surface area (Å²) in [4.78, 5) is 24.7. The Morgan fingerprint density at radius 3 is 2.56 bits per heavy atom. The van der Waals surface area contributed by atoms with Crippen molar-refractivity contribution in [2.45, 2.75) is 44.1 Å². The predicted molar refractivity (Wildman–Crippen MR) is 103 cm³/mol. The van der Waals surface area contributed by atoms with E-state index < -0.39 is 22.0 Å². The van der Waals surface area contributed by atoms with Gasteiger partial charge < -0.3 is 10.1 Å². The number of hydrogen-bond donors (Lipinski definition) is 1. The Balaban J connectivity index is 2.08. The Bertz CT molecular complexity index is 846. The largest absolute Gasteiger partial charge is 0.452 e. The number of nitrogens with one attached hydrogen (secondary N) is 1. The van der Waals surface area contributed by atoms with Gasteiger partial charge in [0.15, 0.2) is 6.10 Å². The summed E-state index contributed by atoms with van der Waals surface area (Å²) >= 11 is 0. The number of anilines is 1. The van der Waals surface area contributed by atoms with Crippen molar-refractivity contribution in [1.82, 2.24) is 4.31 Å². The third-order valence-electron chi connectivity index (χ3n) is 4.51. The molecule has 8 heteroatoms. The maximum atomic E-state index is 12.4. The van der Waals surface area contributed by atoms with Gasteiger partial charge in [0, 0.05) is 19.8 Å². The van der Waals surface area contributed by atoms with Gasteiger partial charge in [-0.05, 0) is 50.8 Å². The molecule has 0 radical (unpaired) electrons. The number of hydrogen-bond acceptors (Lipinski definition) is 5. The minimum Gasteiger partial charge on any atom is -0.452 e. The van der Waals surface area contributed by atoms with E-state index >= 15 is 0 Å². The fraction of sp³-hybridized carbons (Fsp3) is 0.474. The van der Waals surface area contributed by atoms with Gasteiger partial charge in [-0.2, -0.15) is 0 Å². The quantitative estimate of drug-likeness (QED) is 0.591. The molecule has 1 amide bonds. The average molecular weight is 394 g/mol. The number of sulfonamides is 1. The van der Waals surface area contributed by atoms with E-state index in [1.54, 1.807) is 13.0 Å². The normalized spacial score (nSPS) is 18.2. The second kappa shape index (κ2) is 8.67. The third kappa shape index (κ3) is 5.17. The lowest BCUT2D eigenvalue weighted by Crippen LogP contribution is -2.32. The molecule has 0 aromatic heterocycles. The maximum absolute atomic E-state index is 12.4. The molecule has 27 heavy (non-hydrogen) atoms. The van der Waals surface area contributed by atoms with Crippen molar-refractivity contribution in [2.75, 3.05) is 19.4 Å². The fourth-order valence-corrected chi connectivity index (χ4v) is 3.60. The van der Waals surface area contributed by atoms with E-state index in [1.807, 2.05) is 12.2 Å². The molecule has 0 saturated carbocycles. The number of nitrogens with zero attached hydrogens (tertiary/aromatic N) is 1. The lowest BCUT2D eigenvalue weighted by Gasteiger charge is -2.20. The smallest absolute Gasteiger partial charge is 0.310 e. The van der Waals surface area contributed by atoms with Crippen molar-refractivity contribution >= 4 is 27.6 Å². The van der Waals surface area contributed by atoms with Gasteiger partial charge in [0.2, 0.25) is 10.0 Å². The minimum atomic E-state index is -3.62. The molecule has 0 saturated heterocycles. The van der Waals surface area contributed by atoms with Gasteiger partial charge in [0.25, 0.3) is 5.91 Å². The zero-order valence-electron chi connectivity index (χ0n) is 16.1. The molecule has 0 aliphatic heterocycles. The summed E-state index contributed by atoms with van der Waals surface area (Å²) in [6, 6.07) is 4.51. The van der Waals surface area contributed by atoms with Gasteiger partial charge in [-0.25, -0.2) is 12.7 Å². The lowest BCUT2D eigenvalue weighted by atomic mass is 9.95. The van der Waals surface area contributed by atoms with Crippen LogP contribution >= 0.6 is 0 Å². The van der Waals surface area contributed by atoms with Crippen LogP contribution in [0.25, 0.3) is 0 Å². The first kappa shape index (κ1) is 21.1. The van der Waals surface area contributed by atoms with Crippen LogP contribution in [0.4, 0.5) is 5.69 Å². The molecule has 1 aromatic rings. The Hall–Kier alpha value is -2.19. The zero-order valence-corrected chi connectivity index (χ0v) is 16.9. The first-order chi connectivity index (χ1) is 12.6. The Labute approximate surface area is 160 Å². The molecular weight excluding hydrogens is 368 g/mol. The van der Waals surface area contributed by atoms with Crippen LogP contribution in [0.1, 0.15) is 31.7 Å². The zero-order chi connectivity index (χ0) is 20.2. The van der Waals surface area contributed by atoms with Crippen molar-refractivity contribution in [3.8, 4) is 0 Å². The van der Waals surface area contributed by atoms with Crippen LogP contribution in [-0.4, -0.2) is 44.8 Å². The van der Waals surface area contributed by atoms with E-state index in [-0.39, 0.29) is 16.8 Å². The molecule has 0 heterocycles. The van der Waals surface area contributed by atoms with Crippen LogP contribution in [0.5, 0.6) is 0 Å². The molecule has 0 unspecified atom stereocenters. The van der Waals surface area contributed by atoms with Gasteiger partial charge in [0.1, 0.15) is 0 Å². The first-order valence-corrected chi connectivity index (χ1v) is 10.3. The number of esters is 1. The fourth-order valence-electron chi connectivity index (χ4n) is 2.67. The number of amides is 1. The van der Waals surface area contributed by atoms with Crippen molar-refractivity contribution in [3.05, 3.63) is 35.9 Å². The van der Waals surface area contributed by atoms with E-state index in [0.29, 0.717) is 24.1 Å². The van der Waals surface area contributed by atoms with Crippen molar-refractivity contribution in [2.24, 2.45) is 5.92 Å². The van der Waals surface area contributed by atoms with Crippen molar-refractivity contribution in [3.63, 3.8) is 0 Å². The second-order valence-corrected chi connectivity index (χ2v) is 8.97. The average Bonchev–Trinajstić information content (AvgIpc) is 2.63. The number of carbonyl (C=O) groups excluding carboxylic acids is 2. The second-order valence-electron chi connectivity index (χ2n) is 6.81. The van der Waals surface area contributed by atoms with E-state index in [9.17, 15) is 18.0 Å². The van der Waals surface area contributed by atoms with Crippen LogP contribution < -0.4 is 5.32 Å². The van der Waals surface area contributed by atoms with Gasteiger partial charge >= 0.3 is 5.97 Å². The maximum Gasteiger partial charge on any atom is 0.310 e. The number of carbonyl (C=O) groups is 2. The van der Waals surface area contributed by atoms with E-state index in [4.69, 9.17) is 4.74 Å². The summed E-state index contributed by atoms with van der Waals surface area (Å²) in [6.45, 7) is 3.26. The number of rotatable bonds is 6. The highest BCUT2D eigenvalue weighted by molar-refractivity contribution is 7.89. The Kier molecular flexibility index (Phi) is 6.78. The third-order valence-corrected chi connectivity index (χ3v) is 6.32. The van der Waals surface area contributed by atoms with Crippen LogP contribution in [0, 0.1) is 12.8 Å². The molecule has 148 valence electrons. The van der Waals surface area contributed by atoms with E-state index in [1.165, 1.54) is 33.2 Å². The standard InChI is InChI=1S/C19H26N2O5S/c1-13-10-11-16(27(24,25)21(3)4)12-17(13)20-18(22)14(2)26-19(23)15-8-6-5-7-9-15/h5-6,10-12,14-15H,7-9H2,1-4H3,(H,20,22)/t14-,15-/m0/s1. The van der Waals surface area contributed by atoms with Gasteiger partial charge in [-0.1, -0.05) is 18.2 Å². The molecule has 1 aromatic carbocycles. The molecule has 1 aliphatic carbocycles. The number of benzene rings is 1. The van der Waals surface area contributed by atoms with E-state index in [0.717, 1.165) is 10.7 Å².